The van der Waals surface area contributed by atoms with E-state index in [1.165, 1.54) is 0 Å². The lowest BCUT2D eigenvalue weighted by Crippen LogP contribution is -2.38. The molecule has 7 heteroatoms. The van der Waals surface area contributed by atoms with Crippen LogP contribution in [0.1, 0.15) is 36.6 Å². The lowest BCUT2D eigenvalue weighted by atomic mass is 9.97. The Morgan fingerprint density at radius 1 is 1.22 bits per heavy atom. The van der Waals surface area contributed by atoms with Crippen molar-refractivity contribution < 1.29 is 23.1 Å². The number of aliphatic carboxylic acids is 1. The van der Waals surface area contributed by atoms with Crippen molar-refractivity contribution in [1.29, 1.82) is 0 Å². The van der Waals surface area contributed by atoms with Gasteiger partial charge in [0.25, 0.3) is 0 Å². The summed E-state index contributed by atoms with van der Waals surface area (Å²) in [5.41, 5.74) is 2.10. The van der Waals surface area contributed by atoms with Crippen molar-refractivity contribution in [2.75, 3.05) is 11.5 Å². The maximum Gasteiger partial charge on any atom is 0.330 e. The average Bonchev–Trinajstić information content (AvgIpc) is 2.37. The molecule has 6 nitrogen and oxygen atoms in total. The van der Waals surface area contributed by atoms with E-state index in [0.29, 0.717) is 5.56 Å². The number of carboxylic acids is 1. The Morgan fingerprint density at radius 2 is 1.83 bits per heavy atom. The summed E-state index contributed by atoms with van der Waals surface area (Å²) in [6.07, 6.45) is 0. The Balaban J connectivity index is 2.95. The van der Waals surface area contributed by atoms with E-state index in [2.05, 4.69) is 5.32 Å². The van der Waals surface area contributed by atoms with Gasteiger partial charge in [-0.1, -0.05) is 32.0 Å². The Bertz CT molecular complexity index is 694. The first kappa shape index (κ1) is 19.2. The standard InChI is InChI=1S/C16H23NO5S/c1-10(2)8-23(21,22)9-14(18)17-15(16(19)20)13-7-5-6-11(3)12(13)4/h5-7,10,15H,8-9H2,1-4H3,(H,17,18)(H,19,20). The van der Waals surface area contributed by atoms with Gasteiger partial charge in [0, 0.05) is 0 Å². The molecule has 0 fully saturated rings. The summed E-state index contributed by atoms with van der Waals surface area (Å²) < 4.78 is 23.7. The van der Waals surface area contributed by atoms with Gasteiger partial charge in [-0.05, 0) is 36.5 Å². The van der Waals surface area contributed by atoms with Crippen molar-refractivity contribution in [1.82, 2.24) is 5.32 Å². The van der Waals surface area contributed by atoms with E-state index < -0.39 is 33.5 Å². The van der Waals surface area contributed by atoms with Crippen molar-refractivity contribution in [3.63, 3.8) is 0 Å². The largest absolute Gasteiger partial charge is 0.479 e. The summed E-state index contributed by atoms with van der Waals surface area (Å²) in [6, 6.07) is 3.89. The molecule has 1 amide bonds. The number of hydrogen-bond acceptors (Lipinski definition) is 4. The molecule has 0 aliphatic carbocycles. The third-order valence-corrected chi connectivity index (χ3v) is 5.32. The molecule has 0 saturated heterocycles. The quantitative estimate of drug-likeness (QED) is 0.785. The Kier molecular flexibility index (Phi) is 6.32. The van der Waals surface area contributed by atoms with Crippen molar-refractivity contribution >= 4 is 21.7 Å². The lowest BCUT2D eigenvalue weighted by molar-refractivity contribution is -0.141. The van der Waals surface area contributed by atoms with Crippen LogP contribution in [0.3, 0.4) is 0 Å². The molecular formula is C16H23NO5S. The van der Waals surface area contributed by atoms with Crippen LogP contribution in [0.25, 0.3) is 0 Å². The Morgan fingerprint density at radius 3 is 2.35 bits per heavy atom. The molecule has 23 heavy (non-hydrogen) atoms. The molecule has 0 heterocycles. The fourth-order valence-corrected chi connectivity index (χ4v) is 3.94. The zero-order valence-corrected chi connectivity index (χ0v) is 14.6. The highest BCUT2D eigenvalue weighted by atomic mass is 32.2. The number of amides is 1. The van der Waals surface area contributed by atoms with E-state index >= 15 is 0 Å². The molecule has 0 aliphatic heterocycles. The average molecular weight is 341 g/mol. The Hall–Kier alpha value is -1.89. The molecule has 1 unspecified atom stereocenters. The van der Waals surface area contributed by atoms with Crippen LogP contribution < -0.4 is 5.32 Å². The number of carboxylic acid groups (broad SMARTS) is 1. The van der Waals surface area contributed by atoms with Crippen molar-refractivity contribution in [3.8, 4) is 0 Å². The second-order valence-electron chi connectivity index (χ2n) is 6.08. The van der Waals surface area contributed by atoms with Gasteiger partial charge in [0.05, 0.1) is 5.75 Å². The first-order chi connectivity index (χ1) is 10.5. The van der Waals surface area contributed by atoms with Crippen LogP contribution in [-0.4, -0.2) is 36.9 Å². The highest BCUT2D eigenvalue weighted by Gasteiger charge is 2.26. The zero-order chi connectivity index (χ0) is 17.8. The lowest BCUT2D eigenvalue weighted by Gasteiger charge is -2.18. The van der Waals surface area contributed by atoms with E-state index in [9.17, 15) is 23.1 Å². The van der Waals surface area contributed by atoms with Crippen LogP contribution in [-0.2, 0) is 19.4 Å². The van der Waals surface area contributed by atoms with Gasteiger partial charge in [0.2, 0.25) is 5.91 Å². The van der Waals surface area contributed by atoms with Crippen LogP contribution in [0.2, 0.25) is 0 Å². The number of nitrogens with one attached hydrogen (secondary N) is 1. The molecule has 0 spiro atoms. The van der Waals surface area contributed by atoms with Crippen LogP contribution in [0.5, 0.6) is 0 Å². The minimum atomic E-state index is -3.56. The highest BCUT2D eigenvalue weighted by molar-refractivity contribution is 7.92. The minimum absolute atomic E-state index is 0.0953. The van der Waals surface area contributed by atoms with Gasteiger partial charge >= 0.3 is 5.97 Å². The molecule has 1 rings (SSSR count). The molecule has 128 valence electrons. The number of carbonyl (C=O) groups excluding carboxylic acids is 1. The predicted octanol–water partition coefficient (Wildman–Crippen LogP) is 1.62. The molecule has 0 radical (unpaired) electrons. The topological polar surface area (TPSA) is 101 Å². The highest BCUT2D eigenvalue weighted by Crippen LogP contribution is 2.21. The minimum Gasteiger partial charge on any atom is -0.479 e. The molecule has 1 aromatic carbocycles. The van der Waals surface area contributed by atoms with Gasteiger partial charge in [-0.2, -0.15) is 0 Å². The van der Waals surface area contributed by atoms with E-state index in [-0.39, 0.29) is 11.7 Å². The third-order valence-electron chi connectivity index (χ3n) is 3.45. The van der Waals surface area contributed by atoms with Crippen molar-refractivity contribution in [3.05, 3.63) is 34.9 Å². The summed E-state index contributed by atoms with van der Waals surface area (Å²) in [5.74, 6) is -2.95. The fourth-order valence-electron chi connectivity index (χ4n) is 2.33. The van der Waals surface area contributed by atoms with Gasteiger partial charge < -0.3 is 10.4 Å². The molecule has 0 saturated carbocycles. The molecule has 0 aromatic heterocycles. The molecule has 2 N–H and O–H groups in total. The number of benzene rings is 1. The molecule has 1 aromatic rings. The zero-order valence-electron chi connectivity index (χ0n) is 13.8. The molecular weight excluding hydrogens is 318 g/mol. The van der Waals surface area contributed by atoms with Gasteiger partial charge in [-0.15, -0.1) is 0 Å². The SMILES string of the molecule is Cc1cccc(C(NC(=O)CS(=O)(=O)CC(C)C)C(=O)O)c1C. The summed E-state index contributed by atoms with van der Waals surface area (Å²) in [6.45, 7) is 7.09. The summed E-state index contributed by atoms with van der Waals surface area (Å²) >= 11 is 0. The molecule has 0 aliphatic rings. The fraction of sp³-hybridized carbons (Fsp3) is 0.500. The van der Waals surface area contributed by atoms with Gasteiger partial charge in [0.15, 0.2) is 15.9 Å². The monoisotopic (exact) mass is 341 g/mol. The summed E-state index contributed by atoms with van der Waals surface area (Å²) in [4.78, 5) is 23.4. The number of hydrogen-bond donors (Lipinski definition) is 2. The van der Waals surface area contributed by atoms with Crippen molar-refractivity contribution in [2.24, 2.45) is 5.92 Å². The maximum atomic E-state index is 12.0. The first-order valence-electron chi connectivity index (χ1n) is 7.32. The van der Waals surface area contributed by atoms with E-state index in [4.69, 9.17) is 0 Å². The number of carbonyl (C=O) groups is 2. The molecule has 1 atom stereocenters. The predicted molar refractivity (Wildman–Crippen MR) is 87.9 cm³/mol. The van der Waals surface area contributed by atoms with Crippen LogP contribution >= 0.6 is 0 Å². The second-order valence-corrected chi connectivity index (χ2v) is 8.19. The van der Waals surface area contributed by atoms with E-state index in [1.807, 2.05) is 13.0 Å². The number of aryl methyl sites for hydroxylation is 1. The number of sulfone groups is 1. The summed E-state index contributed by atoms with van der Waals surface area (Å²) in [7, 11) is -3.56. The van der Waals surface area contributed by atoms with Crippen LogP contribution in [0, 0.1) is 19.8 Å². The van der Waals surface area contributed by atoms with Crippen LogP contribution in [0.15, 0.2) is 18.2 Å². The van der Waals surface area contributed by atoms with E-state index in [0.717, 1.165) is 11.1 Å². The third kappa shape index (κ3) is 5.67. The Labute approximate surface area is 136 Å². The van der Waals surface area contributed by atoms with E-state index in [1.54, 1.807) is 32.9 Å². The normalized spacial score (nSPS) is 12.9. The van der Waals surface area contributed by atoms with Gasteiger partial charge in [0.1, 0.15) is 5.75 Å². The van der Waals surface area contributed by atoms with Crippen molar-refractivity contribution in [2.45, 2.75) is 33.7 Å². The summed E-state index contributed by atoms with van der Waals surface area (Å²) in [5, 5.41) is 11.7. The van der Waals surface area contributed by atoms with Gasteiger partial charge in [-0.3, -0.25) is 4.79 Å². The number of rotatable bonds is 7. The van der Waals surface area contributed by atoms with Gasteiger partial charge in [-0.25, -0.2) is 13.2 Å². The second kappa shape index (κ2) is 7.59. The maximum absolute atomic E-state index is 12.0. The smallest absolute Gasteiger partial charge is 0.330 e. The first-order valence-corrected chi connectivity index (χ1v) is 9.14. The molecule has 0 bridgehead atoms. The van der Waals surface area contributed by atoms with Crippen LogP contribution in [0.4, 0.5) is 0 Å².